The molecule has 2 aliphatic rings. The minimum absolute atomic E-state index is 0.0915. The van der Waals surface area contributed by atoms with Gasteiger partial charge in [0.15, 0.2) is 0 Å². The molecule has 2 rings (SSSR count). The van der Waals surface area contributed by atoms with Gasteiger partial charge in [-0.3, -0.25) is 14.8 Å². The van der Waals surface area contributed by atoms with Gasteiger partial charge in [-0.15, -0.1) is 0 Å². The molecule has 2 aliphatic heterocycles. The van der Waals surface area contributed by atoms with Crippen molar-refractivity contribution in [2.24, 2.45) is 21.8 Å². The van der Waals surface area contributed by atoms with E-state index >= 15 is 0 Å². The summed E-state index contributed by atoms with van der Waals surface area (Å²) in [7, 11) is 0. The first-order chi connectivity index (χ1) is 9.77. The van der Waals surface area contributed by atoms with Crippen LogP contribution in [0.4, 0.5) is 0 Å². The van der Waals surface area contributed by atoms with Crippen LogP contribution in [0.5, 0.6) is 0 Å². The Labute approximate surface area is 123 Å². The number of carbonyl (C=O) groups is 1. The van der Waals surface area contributed by atoms with Gasteiger partial charge in [0.25, 0.3) is 0 Å². The molecule has 0 radical (unpaired) electrons. The van der Waals surface area contributed by atoms with E-state index in [-0.39, 0.29) is 11.8 Å². The van der Waals surface area contributed by atoms with Crippen LogP contribution in [0.3, 0.4) is 0 Å². The molecule has 0 saturated carbocycles. The summed E-state index contributed by atoms with van der Waals surface area (Å²) in [6.07, 6.45) is 8.30. The minimum atomic E-state index is 0.0915. The highest BCUT2D eigenvalue weighted by molar-refractivity contribution is 6.14. The third-order valence-corrected chi connectivity index (χ3v) is 4.44. The van der Waals surface area contributed by atoms with Crippen LogP contribution >= 0.6 is 0 Å². The van der Waals surface area contributed by atoms with Crippen LogP contribution in [0.25, 0.3) is 0 Å². The van der Waals surface area contributed by atoms with Crippen molar-refractivity contribution in [1.29, 1.82) is 0 Å². The Morgan fingerprint density at radius 2 is 1.40 bits per heavy atom. The Morgan fingerprint density at radius 3 is 1.80 bits per heavy atom. The maximum Gasteiger partial charge on any atom is 0.150 e. The SMILES string of the molecule is CCCC1=NCCCC1C(=O)C1CCCN=C1CCC. The molecule has 0 spiro atoms. The molecule has 2 atom stereocenters. The van der Waals surface area contributed by atoms with Gasteiger partial charge in [-0.1, -0.05) is 26.7 Å². The third kappa shape index (κ3) is 3.56. The van der Waals surface area contributed by atoms with E-state index in [1.807, 2.05) is 0 Å². The molecule has 2 heterocycles. The number of ketones is 1. The van der Waals surface area contributed by atoms with Crippen LogP contribution in [0.1, 0.15) is 65.2 Å². The number of hydrogen-bond acceptors (Lipinski definition) is 3. The van der Waals surface area contributed by atoms with Crippen molar-refractivity contribution in [2.75, 3.05) is 13.1 Å². The summed E-state index contributed by atoms with van der Waals surface area (Å²) in [5.74, 6) is 0.603. The number of rotatable bonds is 6. The highest BCUT2D eigenvalue weighted by atomic mass is 16.1. The summed E-state index contributed by atoms with van der Waals surface area (Å²) < 4.78 is 0. The number of carbonyl (C=O) groups excluding carboxylic acids is 1. The number of aliphatic imine (C=N–C) groups is 2. The van der Waals surface area contributed by atoms with Gasteiger partial charge in [0.05, 0.1) is 11.8 Å². The fraction of sp³-hybridized carbons (Fsp3) is 0.824. The summed E-state index contributed by atoms with van der Waals surface area (Å²) in [4.78, 5) is 22.2. The topological polar surface area (TPSA) is 41.8 Å². The average Bonchev–Trinajstić information content (AvgIpc) is 2.48. The lowest BCUT2D eigenvalue weighted by Crippen LogP contribution is -2.37. The van der Waals surface area contributed by atoms with Crippen LogP contribution in [0, 0.1) is 11.8 Å². The van der Waals surface area contributed by atoms with Gasteiger partial charge in [-0.05, 0) is 38.5 Å². The van der Waals surface area contributed by atoms with Crippen LogP contribution in [0.2, 0.25) is 0 Å². The lowest BCUT2D eigenvalue weighted by atomic mass is 9.78. The second-order valence-corrected chi connectivity index (χ2v) is 6.04. The van der Waals surface area contributed by atoms with Gasteiger partial charge < -0.3 is 0 Å². The van der Waals surface area contributed by atoms with Crippen molar-refractivity contribution >= 4 is 17.2 Å². The molecule has 20 heavy (non-hydrogen) atoms. The summed E-state index contributed by atoms with van der Waals surface area (Å²) in [6, 6.07) is 0. The molecule has 0 N–H and O–H groups in total. The molecule has 0 saturated heterocycles. The molecule has 2 unspecified atom stereocenters. The van der Waals surface area contributed by atoms with Gasteiger partial charge in [0, 0.05) is 24.5 Å². The van der Waals surface area contributed by atoms with Crippen LogP contribution in [0.15, 0.2) is 9.98 Å². The highest BCUT2D eigenvalue weighted by Gasteiger charge is 2.34. The van der Waals surface area contributed by atoms with E-state index in [0.29, 0.717) is 5.78 Å². The summed E-state index contributed by atoms with van der Waals surface area (Å²) in [6.45, 7) is 6.17. The van der Waals surface area contributed by atoms with Gasteiger partial charge in [-0.25, -0.2) is 0 Å². The van der Waals surface area contributed by atoms with E-state index in [0.717, 1.165) is 64.5 Å². The number of nitrogens with zero attached hydrogens (tertiary/aromatic N) is 2. The molecule has 0 fully saturated rings. The number of Topliss-reactive ketones (excluding diaryl/α,β-unsaturated/α-hetero) is 1. The van der Waals surface area contributed by atoms with Crippen molar-refractivity contribution in [3.8, 4) is 0 Å². The van der Waals surface area contributed by atoms with Crippen molar-refractivity contribution in [3.05, 3.63) is 0 Å². The van der Waals surface area contributed by atoms with E-state index in [1.165, 1.54) is 11.4 Å². The van der Waals surface area contributed by atoms with Crippen molar-refractivity contribution in [2.45, 2.75) is 65.2 Å². The molecular formula is C17H28N2O. The zero-order valence-corrected chi connectivity index (χ0v) is 13.0. The second-order valence-electron chi connectivity index (χ2n) is 6.04. The molecule has 0 bridgehead atoms. The molecule has 3 nitrogen and oxygen atoms in total. The highest BCUT2D eigenvalue weighted by Crippen LogP contribution is 2.28. The van der Waals surface area contributed by atoms with Crippen LogP contribution < -0.4 is 0 Å². The third-order valence-electron chi connectivity index (χ3n) is 4.44. The van der Waals surface area contributed by atoms with Gasteiger partial charge in [0.2, 0.25) is 0 Å². The van der Waals surface area contributed by atoms with E-state index in [9.17, 15) is 4.79 Å². The quantitative estimate of drug-likeness (QED) is 0.726. The zero-order chi connectivity index (χ0) is 14.4. The molecule has 0 aliphatic carbocycles. The Hall–Kier alpha value is -0.990. The molecule has 0 aromatic rings. The van der Waals surface area contributed by atoms with Gasteiger partial charge >= 0.3 is 0 Å². The first-order valence-electron chi connectivity index (χ1n) is 8.38. The summed E-state index contributed by atoms with van der Waals surface area (Å²) in [5, 5.41) is 0. The van der Waals surface area contributed by atoms with Crippen molar-refractivity contribution in [3.63, 3.8) is 0 Å². The monoisotopic (exact) mass is 276 g/mol. The lowest BCUT2D eigenvalue weighted by Gasteiger charge is -2.29. The Morgan fingerprint density at radius 1 is 0.950 bits per heavy atom. The average molecular weight is 276 g/mol. The zero-order valence-electron chi connectivity index (χ0n) is 13.0. The van der Waals surface area contributed by atoms with Crippen LogP contribution in [-0.4, -0.2) is 30.3 Å². The molecule has 0 amide bonds. The maximum atomic E-state index is 13.0. The fourth-order valence-electron chi connectivity index (χ4n) is 3.46. The largest absolute Gasteiger partial charge is 0.298 e. The molecule has 112 valence electrons. The van der Waals surface area contributed by atoms with E-state index in [2.05, 4.69) is 23.8 Å². The van der Waals surface area contributed by atoms with Crippen LogP contribution in [-0.2, 0) is 4.79 Å². The lowest BCUT2D eigenvalue weighted by molar-refractivity contribution is -0.123. The maximum absolute atomic E-state index is 13.0. The standard InChI is InChI=1S/C17H28N2O/c1-3-7-15-13(9-5-11-18-15)17(20)14-10-6-12-19-16(14)8-4-2/h13-14H,3-12H2,1-2H3. The number of hydrogen-bond donors (Lipinski definition) is 0. The first-order valence-corrected chi connectivity index (χ1v) is 8.38. The summed E-state index contributed by atoms with van der Waals surface area (Å²) >= 11 is 0. The van der Waals surface area contributed by atoms with E-state index in [1.54, 1.807) is 0 Å². The smallest absolute Gasteiger partial charge is 0.150 e. The second kappa shape index (κ2) is 7.70. The molecule has 0 aromatic heterocycles. The first kappa shape index (κ1) is 15.4. The van der Waals surface area contributed by atoms with Crippen molar-refractivity contribution < 1.29 is 4.79 Å². The minimum Gasteiger partial charge on any atom is -0.298 e. The fourth-order valence-corrected chi connectivity index (χ4v) is 3.46. The molecule has 3 heteroatoms. The van der Waals surface area contributed by atoms with Gasteiger partial charge in [-0.2, -0.15) is 0 Å². The Bertz CT molecular complexity index is 362. The Kier molecular flexibility index (Phi) is 5.93. The van der Waals surface area contributed by atoms with Crippen molar-refractivity contribution in [1.82, 2.24) is 0 Å². The van der Waals surface area contributed by atoms with E-state index < -0.39 is 0 Å². The molecular weight excluding hydrogens is 248 g/mol. The molecule has 0 aromatic carbocycles. The normalized spacial score (nSPS) is 26.9. The van der Waals surface area contributed by atoms with Gasteiger partial charge in [0.1, 0.15) is 5.78 Å². The summed E-state index contributed by atoms with van der Waals surface area (Å²) in [5.41, 5.74) is 2.34. The van der Waals surface area contributed by atoms with E-state index in [4.69, 9.17) is 0 Å². The predicted octanol–water partition coefficient (Wildman–Crippen LogP) is 3.86. The predicted molar refractivity (Wildman–Crippen MR) is 84.9 cm³/mol. The Balaban J connectivity index is 2.12.